The fraction of sp³-hybridized carbons (Fsp3) is 0.467. The van der Waals surface area contributed by atoms with E-state index in [4.69, 9.17) is 0 Å². The molecule has 256 valence electrons. The van der Waals surface area contributed by atoms with Gasteiger partial charge in [-0.2, -0.15) is 0 Å². The fourth-order valence-corrected chi connectivity index (χ4v) is 21.7. The highest BCUT2D eigenvalue weighted by Crippen LogP contribution is 2.78. The lowest BCUT2D eigenvalue weighted by Gasteiger charge is -2.51. The van der Waals surface area contributed by atoms with E-state index in [-0.39, 0.29) is 5.91 Å². The van der Waals surface area contributed by atoms with Gasteiger partial charge >= 0.3 is 0 Å². The van der Waals surface area contributed by atoms with Crippen molar-refractivity contribution in [3.8, 4) is 0 Å². The molecule has 5 N–H and O–H groups in total. The number of benzene rings is 2. The maximum absolute atomic E-state index is 15.0. The highest BCUT2D eigenvalue weighted by molar-refractivity contribution is 9.10. The Hall–Kier alpha value is -2.10. The first-order valence-corrected chi connectivity index (χ1v) is 22.4. The highest BCUT2D eigenvalue weighted by Gasteiger charge is 2.92. The topological polar surface area (TPSA) is 166 Å². The molecule has 2 spiro atoms. The van der Waals surface area contributed by atoms with Crippen LogP contribution in [0.5, 0.6) is 0 Å². The van der Waals surface area contributed by atoms with Crippen molar-refractivity contribution < 1.29 is 34.5 Å². The van der Waals surface area contributed by atoms with Gasteiger partial charge in [-0.25, -0.2) is 0 Å². The zero-order valence-corrected chi connectivity index (χ0v) is 30.7. The molecule has 10 atom stereocenters. The largest absolute Gasteiger partial charge is 0.392 e. The van der Waals surface area contributed by atoms with Gasteiger partial charge in [-0.05, 0) is 93.0 Å². The van der Waals surface area contributed by atoms with E-state index in [1.165, 1.54) is 47.3 Å². The van der Waals surface area contributed by atoms with Crippen LogP contribution in [0.25, 0.3) is 0 Å². The summed E-state index contributed by atoms with van der Waals surface area (Å²) in [5.74, 6) is -1.99. The minimum Gasteiger partial charge on any atom is -0.392 e. The standard InChI is InChI=1S/C30H28N6O7S6/c1-25-21(40)35-19-27(13-8-4-6-10-15(13)31-19,17(38)29(35,46-48-44-25)23(42)33(25)2)28-14-9-5-7-11-16(14)32-20(28)36-22(41)26(12-37)34(3)24(43)30(36,18(28)39)47-49-45-26/h4-11,17-20,31-32,37-39H,12H2,1-3H3/t17-,18-,19-,20+,25+,26+,27?,28?,29-,30-/m0/s1. The first kappa shape index (κ1) is 31.6. The highest BCUT2D eigenvalue weighted by atomic mass is 33.5. The Bertz CT molecular complexity index is 1960. The fourth-order valence-electron chi connectivity index (χ4n) is 9.90. The number of fused-ring (bicyclic) bond motifs is 13. The number of aliphatic hydroxyl groups is 3. The summed E-state index contributed by atoms with van der Waals surface area (Å²) in [5, 5.41) is 44.7. The maximum Gasteiger partial charge on any atom is 0.265 e. The second-order valence-corrected chi connectivity index (χ2v) is 22.5. The molecule has 0 saturated carbocycles. The Morgan fingerprint density at radius 2 is 1.14 bits per heavy atom. The lowest BCUT2D eigenvalue weighted by molar-refractivity contribution is -0.168. The van der Waals surface area contributed by atoms with Crippen molar-refractivity contribution in [2.24, 2.45) is 0 Å². The number of hydrogen-bond donors (Lipinski definition) is 5. The van der Waals surface area contributed by atoms with Gasteiger partial charge < -0.3 is 35.8 Å². The molecule has 49 heavy (non-hydrogen) atoms. The molecule has 13 nitrogen and oxygen atoms in total. The molecule has 0 aliphatic carbocycles. The summed E-state index contributed by atoms with van der Waals surface area (Å²) >= 11 is 0. The van der Waals surface area contributed by atoms with Crippen molar-refractivity contribution in [3.63, 3.8) is 0 Å². The van der Waals surface area contributed by atoms with Crippen LogP contribution in [0.15, 0.2) is 48.5 Å². The number of piperazine rings is 2. The summed E-state index contributed by atoms with van der Waals surface area (Å²) < 4.78 is 0. The molecule has 19 heteroatoms. The lowest BCUT2D eigenvalue weighted by Crippen LogP contribution is -2.75. The van der Waals surface area contributed by atoms with Crippen molar-refractivity contribution in [1.82, 2.24) is 19.6 Å². The molecule has 10 heterocycles. The van der Waals surface area contributed by atoms with Gasteiger partial charge in [0, 0.05) is 25.5 Å². The van der Waals surface area contributed by atoms with Gasteiger partial charge in [0.25, 0.3) is 23.6 Å². The Morgan fingerprint density at radius 1 is 0.673 bits per heavy atom. The number of anilines is 2. The van der Waals surface area contributed by atoms with Crippen LogP contribution in [-0.4, -0.2) is 123 Å². The predicted molar refractivity (Wildman–Crippen MR) is 192 cm³/mol. The van der Waals surface area contributed by atoms with Gasteiger partial charge in [-0.1, -0.05) is 36.4 Å². The van der Waals surface area contributed by atoms with E-state index in [1.54, 1.807) is 26.1 Å². The van der Waals surface area contributed by atoms with Crippen molar-refractivity contribution >= 4 is 97.8 Å². The second-order valence-electron chi connectivity index (χ2n) is 13.6. The van der Waals surface area contributed by atoms with E-state index in [0.717, 1.165) is 42.2 Å². The second kappa shape index (κ2) is 9.46. The van der Waals surface area contributed by atoms with Crippen molar-refractivity contribution in [1.29, 1.82) is 0 Å². The van der Waals surface area contributed by atoms with E-state index in [9.17, 15) is 34.5 Å². The van der Waals surface area contributed by atoms with Crippen LogP contribution in [0, 0.1) is 0 Å². The average molecular weight is 777 g/mol. The van der Waals surface area contributed by atoms with Gasteiger partial charge in [0.1, 0.15) is 24.5 Å². The molecule has 8 fully saturated rings. The van der Waals surface area contributed by atoms with Crippen molar-refractivity contribution in [3.05, 3.63) is 59.7 Å². The number of nitrogens with one attached hydrogen (secondary N) is 2. The first-order chi connectivity index (χ1) is 23.4. The van der Waals surface area contributed by atoms with Crippen LogP contribution in [0.4, 0.5) is 11.4 Å². The Labute approximate surface area is 303 Å². The number of nitrogens with zero attached hydrogens (tertiary/aromatic N) is 4. The average Bonchev–Trinajstić information content (AvgIpc) is 3.64. The summed E-state index contributed by atoms with van der Waals surface area (Å²) in [6, 6.07) is 14.5. The third-order valence-corrected chi connectivity index (χ3v) is 22.4. The van der Waals surface area contributed by atoms with E-state index in [1.807, 2.05) is 36.4 Å². The minimum atomic E-state index is -1.91. The van der Waals surface area contributed by atoms with E-state index in [2.05, 4.69) is 10.6 Å². The number of para-hydroxylation sites is 2. The molecular weight excluding hydrogens is 749 g/mol. The van der Waals surface area contributed by atoms with Crippen LogP contribution >= 0.6 is 62.8 Å². The molecule has 0 aromatic heterocycles. The summed E-state index contributed by atoms with van der Waals surface area (Å²) in [5.41, 5.74) is -1.20. The Morgan fingerprint density at radius 3 is 1.67 bits per heavy atom. The summed E-state index contributed by atoms with van der Waals surface area (Å²) in [4.78, 5) is 58.3. The summed E-state index contributed by atoms with van der Waals surface area (Å²) in [7, 11) is 9.91. The number of amides is 4. The molecule has 0 radical (unpaired) electrons. The monoisotopic (exact) mass is 776 g/mol. The van der Waals surface area contributed by atoms with E-state index >= 15 is 0 Å². The summed E-state index contributed by atoms with van der Waals surface area (Å²) in [6.07, 6.45) is -5.61. The number of likely N-dealkylation sites (N-methyl/N-ethyl adjacent to an activating group) is 2. The van der Waals surface area contributed by atoms with Crippen LogP contribution in [0.3, 0.4) is 0 Å². The molecule has 10 aliphatic heterocycles. The van der Waals surface area contributed by atoms with Crippen molar-refractivity contribution in [2.75, 3.05) is 31.3 Å². The molecular formula is C30H28N6O7S6. The zero-order valence-electron chi connectivity index (χ0n) is 25.8. The molecule has 4 bridgehead atoms. The van der Waals surface area contributed by atoms with Gasteiger partial charge in [0.05, 0.1) is 17.4 Å². The van der Waals surface area contributed by atoms with Gasteiger partial charge in [-0.3, -0.25) is 29.0 Å². The van der Waals surface area contributed by atoms with Crippen LogP contribution < -0.4 is 10.6 Å². The van der Waals surface area contributed by atoms with Crippen molar-refractivity contribution in [2.45, 2.75) is 61.8 Å². The Kier molecular flexibility index (Phi) is 6.11. The van der Waals surface area contributed by atoms with E-state index < -0.39 is 79.2 Å². The quantitative estimate of drug-likeness (QED) is 0.279. The third kappa shape index (κ3) is 2.86. The number of hydrogen-bond acceptors (Lipinski definition) is 15. The molecule has 4 amide bonds. The van der Waals surface area contributed by atoms with Crippen LogP contribution in [0.1, 0.15) is 18.1 Å². The van der Waals surface area contributed by atoms with E-state index in [0.29, 0.717) is 22.5 Å². The molecule has 2 aromatic rings. The normalized spacial score (nSPS) is 45.3. The molecule has 12 rings (SSSR count). The van der Waals surface area contributed by atoms with Crippen LogP contribution in [-0.2, 0) is 30.0 Å². The number of aliphatic hydroxyl groups excluding tert-OH is 3. The molecule has 2 unspecified atom stereocenters. The minimum absolute atomic E-state index is 0.385. The third-order valence-electron chi connectivity index (χ3n) is 12.2. The smallest absolute Gasteiger partial charge is 0.265 e. The van der Waals surface area contributed by atoms with Gasteiger partial charge in [0.2, 0.25) is 14.6 Å². The van der Waals surface area contributed by atoms with Gasteiger partial charge in [0.15, 0.2) is 4.87 Å². The Balaban J connectivity index is 1.35. The SMILES string of the molecule is CN1C(=O)[C@]23SSS[C@]1(C)C(=O)N2[C@@H]1Nc2ccccc2C1(C12c4ccccc4N[C@@H]1N1C(=O)[C@@]4(CO)SSS[C@]1(C(=O)N4C)[C@H]2O)[C@@H]3O. The molecule has 8 saturated heterocycles. The first-order valence-electron chi connectivity index (χ1n) is 15.4. The maximum atomic E-state index is 15.0. The van der Waals surface area contributed by atoms with Crippen LogP contribution in [0.2, 0.25) is 0 Å². The zero-order chi connectivity index (χ0) is 34.3. The molecule has 10 aliphatic rings. The number of rotatable bonds is 2. The lowest BCUT2D eigenvalue weighted by atomic mass is 9.52. The van der Waals surface area contributed by atoms with Gasteiger partial charge in [-0.15, -0.1) is 0 Å². The number of carbonyl (C=O) groups is 4. The predicted octanol–water partition coefficient (Wildman–Crippen LogP) is 1.60. The summed E-state index contributed by atoms with van der Waals surface area (Å²) in [6.45, 7) is 1.03. The molecule has 2 aromatic carbocycles. The number of carbonyl (C=O) groups excluding carboxylic acids is 4.